The van der Waals surface area contributed by atoms with Gasteiger partial charge in [0.15, 0.2) is 33.1 Å². The van der Waals surface area contributed by atoms with Crippen LogP contribution in [0.15, 0.2) is 109 Å². The van der Waals surface area contributed by atoms with Gasteiger partial charge >= 0.3 is 0 Å². The lowest BCUT2D eigenvalue weighted by molar-refractivity contribution is 0.509. The Hall–Kier alpha value is -5.29. The number of nitrogens with zero attached hydrogens (tertiary/aromatic N) is 2. The number of benzene rings is 4. The molecule has 0 aliphatic rings. The van der Waals surface area contributed by atoms with E-state index in [9.17, 15) is 26.0 Å². The van der Waals surface area contributed by atoms with Crippen molar-refractivity contribution in [2.75, 3.05) is 0 Å². The molecule has 0 aliphatic carbocycles. The standard InChI is InChI=1S/C36H22F6N2O2S/c37-29-11-9-21(15-33(29)41)27-3-1-13-43-35(27)23-5-7-25(31(39)17-23)19-47(45,46)20-26-8-6-24(18-32(26)40)36-28(4-2-14-44-36)22-10-12-30(38)34(42)16-22/h1-18H,19-20H2. The van der Waals surface area contributed by atoms with Crippen molar-refractivity contribution in [2.45, 2.75) is 11.5 Å². The van der Waals surface area contributed by atoms with Crippen molar-refractivity contribution in [1.29, 1.82) is 0 Å². The Morgan fingerprint density at radius 3 is 1.21 bits per heavy atom. The van der Waals surface area contributed by atoms with Gasteiger partial charge in [0.2, 0.25) is 0 Å². The van der Waals surface area contributed by atoms with Gasteiger partial charge in [0, 0.05) is 45.8 Å². The molecule has 236 valence electrons. The highest BCUT2D eigenvalue weighted by Crippen LogP contribution is 2.34. The molecule has 2 heterocycles. The summed E-state index contributed by atoms with van der Waals surface area (Å²) in [6, 6.07) is 20.8. The minimum Gasteiger partial charge on any atom is -0.256 e. The van der Waals surface area contributed by atoms with Gasteiger partial charge in [-0.15, -0.1) is 0 Å². The van der Waals surface area contributed by atoms with Gasteiger partial charge < -0.3 is 0 Å². The van der Waals surface area contributed by atoms with Crippen LogP contribution in [0.2, 0.25) is 0 Å². The predicted molar refractivity (Wildman–Crippen MR) is 166 cm³/mol. The maximum atomic E-state index is 15.3. The van der Waals surface area contributed by atoms with Crippen LogP contribution in [0.1, 0.15) is 11.1 Å². The monoisotopic (exact) mass is 660 g/mol. The number of hydrogen-bond acceptors (Lipinski definition) is 4. The molecule has 0 spiro atoms. The van der Waals surface area contributed by atoms with E-state index < -0.39 is 56.2 Å². The second kappa shape index (κ2) is 12.8. The average Bonchev–Trinajstić information content (AvgIpc) is 3.05. The lowest BCUT2D eigenvalue weighted by Gasteiger charge is -2.12. The zero-order valence-corrected chi connectivity index (χ0v) is 25.0. The summed E-state index contributed by atoms with van der Waals surface area (Å²) in [7, 11) is -4.07. The van der Waals surface area contributed by atoms with Crippen molar-refractivity contribution in [3.63, 3.8) is 0 Å². The summed E-state index contributed by atoms with van der Waals surface area (Å²) in [5.74, 6) is -7.29. The number of halogens is 6. The van der Waals surface area contributed by atoms with Crippen LogP contribution in [-0.2, 0) is 21.3 Å². The first-order valence-electron chi connectivity index (χ1n) is 14.1. The van der Waals surface area contributed by atoms with E-state index in [1.165, 1.54) is 48.8 Å². The fourth-order valence-corrected chi connectivity index (χ4v) is 6.73. The molecule has 0 atom stereocenters. The van der Waals surface area contributed by atoms with Gasteiger partial charge in [-0.25, -0.2) is 34.8 Å². The smallest absolute Gasteiger partial charge is 0.159 e. The predicted octanol–water partition coefficient (Wildman–Crippen LogP) is 9.09. The molecule has 0 saturated heterocycles. The first-order valence-corrected chi connectivity index (χ1v) is 15.9. The maximum Gasteiger partial charge on any atom is 0.159 e. The number of pyridine rings is 2. The highest BCUT2D eigenvalue weighted by molar-refractivity contribution is 7.89. The Morgan fingerprint density at radius 1 is 0.447 bits per heavy atom. The molecule has 6 aromatic rings. The Morgan fingerprint density at radius 2 is 0.830 bits per heavy atom. The molecule has 11 heteroatoms. The Kier molecular flexibility index (Phi) is 8.65. The highest BCUT2D eigenvalue weighted by Gasteiger charge is 2.21. The van der Waals surface area contributed by atoms with E-state index in [-0.39, 0.29) is 33.6 Å². The van der Waals surface area contributed by atoms with Crippen molar-refractivity contribution < 1.29 is 34.8 Å². The van der Waals surface area contributed by atoms with Crippen molar-refractivity contribution in [2.24, 2.45) is 0 Å². The molecular formula is C36H22F6N2O2S. The van der Waals surface area contributed by atoms with Crippen molar-refractivity contribution >= 4 is 9.84 Å². The van der Waals surface area contributed by atoms with Crippen LogP contribution in [0.25, 0.3) is 44.8 Å². The van der Waals surface area contributed by atoms with Gasteiger partial charge in [-0.2, -0.15) is 0 Å². The topological polar surface area (TPSA) is 59.9 Å². The first-order chi connectivity index (χ1) is 22.5. The highest BCUT2D eigenvalue weighted by atomic mass is 32.2. The minimum atomic E-state index is -4.07. The van der Waals surface area contributed by atoms with Crippen LogP contribution in [0.4, 0.5) is 26.3 Å². The summed E-state index contributed by atoms with van der Waals surface area (Å²) in [5.41, 5.74) is 2.25. The lowest BCUT2D eigenvalue weighted by atomic mass is 9.98. The third kappa shape index (κ3) is 6.80. The fourth-order valence-electron chi connectivity index (χ4n) is 5.21. The van der Waals surface area contributed by atoms with Gasteiger partial charge in [-0.3, -0.25) is 9.97 Å². The maximum absolute atomic E-state index is 15.3. The molecule has 47 heavy (non-hydrogen) atoms. The molecule has 0 fully saturated rings. The molecule has 6 rings (SSSR count). The molecule has 0 N–H and O–H groups in total. The van der Waals surface area contributed by atoms with Crippen LogP contribution in [0.5, 0.6) is 0 Å². The molecule has 0 amide bonds. The SMILES string of the molecule is O=S(=O)(Cc1ccc(-c2ncccc2-c2ccc(F)c(F)c2)cc1F)Cc1ccc(-c2ncccc2-c2ccc(F)c(F)c2)cc1F. The second-order valence-corrected chi connectivity index (χ2v) is 12.8. The van der Waals surface area contributed by atoms with Crippen molar-refractivity contribution in [3.05, 3.63) is 155 Å². The third-order valence-corrected chi connectivity index (χ3v) is 8.98. The number of rotatable bonds is 8. The van der Waals surface area contributed by atoms with Crippen molar-refractivity contribution in [3.8, 4) is 44.8 Å². The molecule has 4 aromatic carbocycles. The molecule has 0 saturated carbocycles. The quantitative estimate of drug-likeness (QED) is 0.153. The molecule has 0 unspecified atom stereocenters. The summed E-state index contributed by atoms with van der Waals surface area (Å²) >= 11 is 0. The summed E-state index contributed by atoms with van der Waals surface area (Å²) in [6.07, 6.45) is 2.90. The summed E-state index contributed by atoms with van der Waals surface area (Å²) in [5, 5.41) is 0. The molecule has 0 radical (unpaired) electrons. The van der Waals surface area contributed by atoms with E-state index >= 15 is 8.78 Å². The number of hydrogen-bond donors (Lipinski definition) is 0. The van der Waals surface area contributed by atoms with Crippen LogP contribution in [0, 0.1) is 34.9 Å². The van der Waals surface area contributed by atoms with Crippen molar-refractivity contribution in [1.82, 2.24) is 9.97 Å². The van der Waals surface area contributed by atoms with Gasteiger partial charge in [0.05, 0.1) is 22.9 Å². The van der Waals surface area contributed by atoms with Crippen LogP contribution in [0.3, 0.4) is 0 Å². The lowest BCUT2D eigenvalue weighted by Crippen LogP contribution is -2.10. The third-order valence-electron chi connectivity index (χ3n) is 7.48. The Balaban J connectivity index is 1.23. The van der Waals surface area contributed by atoms with Gasteiger partial charge in [-0.05, 0) is 59.7 Å². The van der Waals surface area contributed by atoms with E-state index in [0.29, 0.717) is 22.3 Å². The normalized spacial score (nSPS) is 11.5. The van der Waals surface area contributed by atoms with Crippen LogP contribution in [-0.4, -0.2) is 18.4 Å². The van der Waals surface area contributed by atoms with E-state index in [2.05, 4.69) is 9.97 Å². The minimum absolute atomic E-state index is 0.152. The molecular weight excluding hydrogens is 638 g/mol. The Labute approximate surface area is 266 Å². The van der Waals surface area contributed by atoms with Gasteiger partial charge in [0.25, 0.3) is 0 Å². The van der Waals surface area contributed by atoms with Crippen LogP contribution >= 0.6 is 0 Å². The average molecular weight is 661 g/mol. The summed E-state index contributed by atoms with van der Waals surface area (Å²) in [6.45, 7) is 0. The van der Waals surface area contributed by atoms with E-state index in [1.54, 1.807) is 24.3 Å². The largest absolute Gasteiger partial charge is 0.256 e. The van der Waals surface area contributed by atoms with Gasteiger partial charge in [-0.1, -0.05) is 48.5 Å². The molecule has 0 aliphatic heterocycles. The van der Waals surface area contributed by atoms with E-state index in [1.807, 2.05) is 0 Å². The summed E-state index contributed by atoms with van der Waals surface area (Å²) < 4.78 is 111. The molecule has 4 nitrogen and oxygen atoms in total. The summed E-state index contributed by atoms with van der Waals surface area (Å²) in [4.78, 5) is 8.54. The molecule has 0 bridgehead atoms. The fraction of sp³-hybridized carbons (Fsp3) is 0.0556. The van der Waals surface area contributed by atoms with Crippen LogP contribution < -0.4 is 0 Å². The van der Waals surface area contributed by atoms with E-state index in [0.717, 1.165) is 36.4 Å². The number of aromatic nitrogens is 2. The molecule has 2 aromatic heterocycles. The van der Waals surface area contributed by atoms with E-state index in [4.69, 9.17) is 0 Å². The number of sulfone groups is 1. The zero-order valence-electron chi connectivity index (χ0n) is 24.2. The van der Waals surface area contributed by atoms with Gasteiger partial charge in [0.1, 0.15) is 11.6 Å². The Bertz CT molecular complexity index is 2110. The zero-order chi connectivity index (χ0) is 33.3. The first kappa shape index (κ1) is 31.7. The second-order valence-electron chi connectivity index (χ2n) is 10.7.